The summed E-state index contributed by atoms with van der Waals surface area (Å²) in [6.45, 7) is 2.15. The molecule has 4 aromatic rings. The average Bonchev–Trinajstić information content (AvgIpc) is 3.35. The van der Waals surface area contributed by atoms with Crippen molar-refractivity contribution < 1.29 is 19.1 Å². The van der Waals surface area contributed by atoms with Gasteiger partial charge in [0, 0.05) is 18.3 Å². The van der Waals surface area contributed by atoms with Crippen LogP contribution in [0.5, 0.6) is 11.5 Å². The smallest absolute Gasteiger partial charge is 0.331 e. The topological polar surface area (TPSA) is 125 Å². The average molecular weight is 585 g/mol. The number of carbonyl (C=O) groups is 3. The predicted octanol–water partition coefficient (Wildman–Crippen LogP) is 5.46. The van der Waals surface area contributed by atoms with E-state index in [0.717, 1.165) is 42.4 Å². The van der Waals surface area contributed by atoms with Crippen molar-refractivity contribution in [1.29, 1.82) is 0 Å². The number of pyridine rings is 1. The fourth-order valence-corrected chi connectivity index (χ4v) is 6.70. The van der Waals surface area contributed by atoms with Gasteiger partial charge in [-0.25, -0.2) is 9.78 Å². The van der Waals surface area contributed by atoms with Gasteiger partial charge in [0.05, 0.1) is 29.0 Å². The number of hydrogen-bond donors (Lipinski definition) is 4. The van der Waals surface area contributed by atoms with E-state index in [4.69, 9.17) is 4.74 Å². The number of aromatic nitrogens is 1. The molecule has 0 spiro atoms. The van der Waals surface area contributed by atoms with E-state index < -0.39 is 0 Å². The van der Waals surface area contributed by atoms with E-state index >= 15 is 0 Å². The summed E-state index contributed by atoms with van der Waals surface area (Å²) in [7, 11) is 1.72. The Morgan fingerprint density at radius 3 is 2.52 bits per heavy atom. The first-order chi connectivity index (χ1) is 20.4. The Balaban J connectivity index is 1.28. The highest BCUT2D eigenvalue weighted by Gasteiger charge is 2.35. The molecule has 3 heterocycles. The zero-order valence-electron chi connectivity index (χ0n) is 23.4. The first kappa shape index (κ1) is 27.7. The van der Waals surface area contributed by atoms with Crippen LogP contribution in [0.3, 0.4) is 0 Å². The Kier molecular flexibility index (Phi) is 7.77. The van der Waals surface area contributed by atoms with E-state index in [1.165, 1.54) is 11.3 Å². The number of carbonyl (C=O) groups excluding carboxylic acids is 3. The van der Waals surface area contributed by atoms with Crippen molar-refractivity contribution in [2.24, 2.45) is 0 Å². The lowest BCUT2D eigenvalue weighted by Gasteiger charge is -2.33. The van der Waals surface area contributed by atoms with Crippen LogP contribution >= 0.6 is 11.3 Å². The second kappa shape index (κ2) is 11.8. The predicted molar refractivity (Wildman–Crippen MR) is 164 cm³/mol. The zero-order chi connectivity index (χ0) is 29.2. The summed E-state index contributed by atoms with van der Waals surface area (Å²) >= 11 is 1.25. The van der Waals surface area contributed by atoms with E-state index in [1.54, 1.807) is 24.2 Å². The maximum absolute atomic E-state index is 13.6. The lowest BCUT2D eigenvalue weighted by molar-refractivity contribution is -0.121. The van der Waals surface area contributed by atoms with Crippen LogP contribution in [0.1, 0.15) is 40.9 Å². The van der Waals surface area contributed by atoms with Gasteiger partial charge in [-0.3, -0.25) is 14.5 Å². The molecule has 2 aromatic heterocycles. The van der Waals surface area contributed by atoms with Crippen molar-refractivity contribution in [2.75, 3.05) is 23.8 Å². The molecule has 1 fully saturated rings. The van der Waals surface area contributed by atoms with Crippen LogP contribution in [0, 0.1) is 6.92 Å². The second-order valence-electron chi connectivity index (χ2n) is 10.5. The maximum Gasteiger partial charge on any atom is 0.331 e. The molecule has 2 aromatic carbocycles. The molecule has 10 nitrogen and oxygen atoms in total. The van der Waals surface area contributed by atoms with Crippen molar-refractivity contribution in [2.45, 2.75) is 44.7 Å². The summed E-state index contributed by atoms with van der Waals surface area (Å²) < 4.78 is 5.98. The SMILES string of the molecule is CNCC(=O)N[C@@H]1CCCC[C@H]1NC(=O)c1sc2nccc3c2c1NC(=O)N3c1ccc(Oc2ccccc2)cc1C. The van der Waals surface area contributed by atoms with Crippen LogP contribution < -0.4 is 30.9 Å². The monoisotopic (exact) mass is 584 g/mol. The molecule has 1 aliphatic carbocycles. The third-order valence-corrected chi connectivity index (χ3v) is 8.70. The molecule has 4 amide bonds. The lowest BCUT2D eigenvalue weighted by Crippen LogP contribution is -2.54. The van der Waals surface area contributed by atoms with Gasteiger partial charge in [-0.2, -0.15) is 0 Å². The summed E-state index contributed by atoms with van der Waals surface area (Å²) in [6.07, 6.45) is 5.17. The van der Waals surface area contributed by atoms with Gasteiger partial charge < -0.3 is 26.0 Å². The number of amides is 4. The minimum atomic E-state index is -0.364. The molecule has 42 heavy (non-hydrogen) atoms. The molecule has 1 saturated carbocycles. The Morgan fingerprint density at radius 1 is 1.02 bits per heavy atom. The van der Waals surface area contributed by atoms with Crippen molar-refractivity contribution in [3.63, 3.8) is 0 Å². The number of rotatable bonds is 8. The molecule has 4 N–H and O–H groups in total. The van der Waals surface area contributed by atoms with Gasteiger partial charge in [-0.05, 0) is 68.8 Å². The van der Waals surface area contributed by atoms with E-state index in [0.29, 0.717) is 32.5 Å². The molecule has 0 unspecified atom stereocenters. The van der Waals surface area contributed by atoms with Crippen LogP contribution in [0.15, 0.2) is 60.8 Å². The number of ether oxygens (including phenoxy) is 1. The van der Waals surface area contributed by atoms with Crippen LogP contribution in [-0.4, -0.2) is 48.5 Å². The van der Waals surface area contributed by atoms with E-state index in [2.05, 4.69) is 26.3 Å². The number of urea groups is 1. The molecule has 0 saturated heterocycles. The number of nitrogens with zero attached hydrogens (tertiary/aromatic N) is 2. The molecule has 216 valence electrons. The molecule has 6 rings (SSSR count). The Labute approximate surface area is 247 Å². The molecular formula is C31H32N6O4S. The number of benzene rings is 2. The maximum atomic E-state index is 13.6. The summed E-state index contributed by atoms with van der Waals surface area (Å²) in [4.78, 5) is 46.6. The summed E-state index contributed by atoms with van der Waals surface area (Å²) in [6, 6.07) is 16.2. The van der Waals surface area contributed by atoms with Crippen LogP contribution in [0.4, 0.5) is 21.9 Å². The van der Waals surface area contributed by atoms with Gasteiger partial charge >= 0.3 is 6.03 Å². The number of anilines is 3. The molecule has 2 aliphatic rings. The third kappa shape index (κ3) is 5.40. The number of thiophene rings is 1. The van der Waals surface area contributed by atoms with Gasteiger partial charge in [-0.1, -0.05) is 31.0 Å². The first-order valence-electron chi connectivity index (χ1n) is 14.0. The highest BCUT2D eigenvalue weighted by atomic mass is 32.1. The van der Waals surface area contributed by atoms with E-state index in [9.17, 15) is 14.4 Å². The van der Waals surface area contributed by atoms with Crippen LogP contribution in [0.25, 0.3) is 10.2 Å². The minimum Gasteiger partial charge on any atom is -0.457 e. The quantitative estimate of drug-likeness (QED) is 0.218. The third-order valence-electron chi connectivity index (χ3n) is 7.61. The first-order valence-corrected chi connectivity index (χ1v) is 14.9. The van der Waals surface area contributed by atoms with Gasteiger partial charge in [0.1, 0.15) is 21.2 Å². The van der Waals surface area contributed by atoms with Gasteiger partial charge in [0.15, 0.2) is 0 Å². The Morgan fingerprint density at radius 2 is 1.79 bits per heavy atom. The van der Waals surface area contributed by atoms with Crippen molar-refractivity contribution >= 4 is 56.5 Å². The minimum absolute atomic E-state index is 0.100. The van der Waals surface area contributed by atoms with Crippen LogP contribution in [-0.2, 0) is 4.79 Å². The highest BCUT2D eigenvalue weighted by Crippen LogP contribution is 2.46. The highest BCUT2D eigenvalue weighted by molar-refractivity contribution is 7.21. The number of para-hydroxylation sites is 1. The standard InChI is InChI=1S/C31H32N6O4S/c1-18-16-20(41-19-8-4-3-5-9-19)12-13-23(18)37-24-14-15-33-30-26(24)27(36-31(37)40)28(42-30)29(39)35-22-11-7-6-10-21(22)34-25(38)17-32-2/h3-5,8-9,12-16,21-22,32H,6-7,10-11,17H2,1-2H3,(H,34,38)(H,35,39)(H,36,40)/t21-,22-/m1/s1. The molecule has 0 radical (unpaired) electrons. The van der Waals surface area contributed by atoms with Gasteiger partial charge in [0.25, 0.3) is 5.91 Å². The molecular weight excluding hydrogens is 552 g/mol. The molecule has 0 bridgehead atoms. The number of likely N-dealkylation sites (N-methyl/N-ethyl adjacent to an activating group) is 1. The molecule has 11 heteroatoms. The fraction of sp³-hybridized carbons (Fsp3) is 0.290. The largest absolute Gasteiger partial charge is 0.457 e. The van der Waals surface area contributed by atoms with Crippen molar-refractivity contribution in [3.05, 3.63) is 71.2 Å². The molecule has 1 aliphatic heterocycles. The Bertz CT molecular complexity index is 1660. The number of aryl methyl sites for hydroxylation is 1. The molecule has 2 atom stereocenters. The van der Waals surface area contributed by atoms with Crippen molar-refractivity contribution in [3.8, 4) is 11.5 Å². The Hall–Kier alpha value is -4.48. The van der Waals surface area contributed by atoms with Crippen LogP contribution in [0.2, 0.25) is 0 Å². The lowest BCUT2D eigenvalue weighted by atomic mass is 9.90. The summed E-state index contributed by atoms with van der Waals surface area (Å²) in [5, 5.41) is 12.7. The van der Waals surface area contributed by atoms with E-state index in [1.807, 2.05) is 55.5 Å². The summed E-state index contributed by atoms with van der Waals surface area (Å²) in [5.41, 5.74) is 2.67. The van der Waals surface area contributed by atoms with Gasteiger partial charge in [0.2, 0.25) is 5.91 Å². The summed E-state index contributed by atoms with van der Waals surface area (Å²) in [5.74, 6) is 1.01. The van der Waals surface area contributed by atoms with E-state index in [-0.39, 0.29) is 36.5 Å². The van der Waals surface area contributed by atoms with Crippen molar-refractivity contribution in [1.82, 2.24) is 20.9 Å². The zero-order valence-corrected chi connectivity index (χ0v) is 24.2. The van der Waals surface area contributed by atoms with Gasteiger partial charge in [-0.15, -0.1) is 11.3 Å². The number of nitrogens with one attached hydrogen (secondary N) is 4. The number of hydrogen-bond acceptors (Lipinski definition) is 7. The second-order valence-corrected chi connectivity index (χ2v) is 11.5. The fourth-order valence-electron chi connectivity index (χ4n) is 5.68. The normalized spacial score (nSPS) is 18.0.